The van der Waals surface area contributed by atoms with Crippen LogP contribution in [0.15, 0.2) is 15.8 Å². The molecular formula is C17H28N2O6Si. The number of aliphatic hydroxyl groups is 2. The number of carbonyl (C=O) groups excluding carboxylic acids is 1. The maximum absolute atomic E-state index is 12.2. The Bertz CT molecular complexity index is 809. The highest BCUT2D eigenvalue weighted by Crippen LogP contribution is 2.51. The first kappa shape index (κ1) is 20.8. The third kappa shape index (κ3) is 3.13. The topological polar surface area (TPSA) is 122 Å². The van der Waals surface area contributed by atoms with Gasteiger partial charge < -0.3 is 19.7 Å². The van der Waals surface area contributed by atoms with Gasteiger partial charge in [-0.25, -0.2) is 4.79 Å². The van der Waals surface area contributed by atoms with Crippen molar-refractivity contribution in [2.75, 3.05) is 0 Å². The summed E-state index contributed by atoms with van der Waals surface area (Å²) in [6.45, 7) is 11.5. The van der Waals surface area contributed by atoms with Crippen molar-refractivity contribution >= 4 is 14.4 Å². The fraction of sp³-hybridized carbons (Fsp3) is 0.706. The zero-order valence-electron chi connectivity index (χ0n) is 16.1. The number of aromatic amines is 1. The fourth-order valence-corrected chi connectivity index (χ4v) is 6.30. The molecule has 1 aromatic rings. The lowest BCUT2D eigenvalue weighted by atomic mass is 10.1. The number of nitrogens with zero attached hydrogens (tertiary/aromatic N) is 1. The van der Waals surface area contributed by atoms with Gasteiger partial charge >= 0.3 is 5.69 Å². The lowest BCUT2D eigenvalue weighted by Gasteiger charge is -2.49. The standard InChI is InChI=1S/C17H28N2O6Si/c1-10-8-19(15(23)18-14(10)22)12-7-17(24,13(25-12)11(21)9-20)26(5,6)16(2,3)4/h8-9,11-13,21,24H,7H2,1-6H3,(H,18,22,23)/t11?,12-,13-,17-/m1/s1. The Morgan fingerprint density at radius 1 is 1.42 bits per heavy atom. The number of hydrogen-bond donors (Lipinski definition) is 3. The molecule has 3 N–H and O–H groups in total. The number of aldehydes is 1. The molecule has 1 aromatic heterocycles. The van der Waals surface area contributed by atoms with Crippen LogP contribution in [0.4, 0.5) is 0 Å². The smallest absolute Gasteiger partial charge is 0.330 e. The molecule has 0 radical (unpaired) electrons. The van der Waals surface area contributed by atoms with Crippen molar-refractivity contribution in [1.82, 2.24) is 9.55 Å². The van der Waals surface area contributed by atoms with Crippen molar-refractivity contribution in [2.45, 2.75) is 75.9 Å². The Labute approximate surface area is 152 Å². The number of rotatable bonds is 4. The number of H-pyrrole nitrogens is 1. The van der Waals surface area contributed by atoms with E-state index in [2.05, 4.69) is 4.98 Å². The van der Waals surface area contributed by atoms with Crippen LogP contribution in [0.1, 0.15) is 39.0 Å². The highest BCUT2D eigenvalue weighted by molar-refractivity contribution is 6.83. The van der Waals surface area contributed by atoms with Gasteiger partial charge in [0.25, 0.3) is 5.56 Å². The number of aliphatic hydroxyl groups excluding tert-OH is 1. The highest BCUT2D eigenvalue weighted by atomic mass is 28.3. The lowest BCUT2D eigenvalue weighted by Crippen LogP contribution is -2.66. The van der Waals surface area contributed by atoms with Crippen LogP contribution in [0.2, 0.25) is 18.1 Å². The summed E-state index contributed by atoms with van der Waals surface area (Å²) in [7, 11) is -2.53. The van der Waals surface area contributed by atoms with Crippen LogP contribution in [0.3, 0.4) is 0 Å². The van der Waals surface area contributed by atoms with Gasteiger partial charge in [-0.1, -0.05) is 33.9 Å². The SMILES string of the molecule is Cc1cn([C@H]2C[C@@](O)([Si](C)(C)C(C)(C)C)[C@@H](C(O)C=O)O2)c(=O)[nH]c1=O. The molecule has 0 saturated carbocycles. The second-order valence-electron chi connectivity index (χ2n) is 8.62. The van der Waals surface area contributed by atoms with Gasteiger partial charge in [0, 0.05) is 18.2 Å². The average molecular weight is 385 g/mol. The predicted molar refractivity (Wildman–Crippen MR) is 98.8 cm³/mol. The van der Waals surface area contributed by atoms with Crippen molar-refractivity contribution < 1.29 is 19.7 Å². The first-order valence-electron chi connectivity index (χ1n) is 8.59. The number of hydrogen-bond acceptors (Lipinski definition) is 6. The summed E-state index contributed by atoms with van der Waals surface area (Å²) < 4.78 is 7.02. The summed E-state index contributed by atoms with van der Waals surface area (Å²) in [6.07, 6.45) is -1.80. The molecule has 2 rings (SSSR count). The summed E-state index contributed by atoms with van der Waals surface area (Å²) in [6, 6.07) is 0. The molecule has 1 saturated heterocycles. The normalized spacial score (nSPS) is 28.2. The van der Waals surface area contributed by atoms with E-state index in [-0.39, 0.29) is 11.5 Å². The molecule has 0 bridgehead atoms. The van der Waals surface area contributed by atoms with Crippen LogP contribution in [0, 0.1) is 6.92 Å². The van der Waals surface area contributed by atoms with Crippen molar-refractivity contribution in [3.63, 3.8) is 0 Å². The van der Waals surface area contributed by atoms with Crippen LogP contribution >= 0.6 is 0 Å². The number of nitrogens with one attached hydrogen (secondary N) is 1. The van der Waals surface area contributed by atoms with Gasteiger partial charge in [0.05, 0.1) is 13.3 Å². The number of carbonyl (C=O) groups is 1. The molecule has 0 aromatic carbocycles. The van der Waals surface area contributed by atoms with E-state index in [4.69, 9.17) is 4.74 Å². The maximum atomic E-state index is 12.2. The summed E-state index contributed by atoms with van der Waals surface area (Å²) in [5, 5.41) is 20.1. The van der Waals surface area contributed by atoms with Crippen molar-refractivity contribution in [1.29, 1.82) is 0 Å². The van der Waals surface area contributed by atoms with Gasteiger partial charge in [-0.15, -0.1) is 0 Å². The summed E-state index contributed by atoms with van der Waals surface area (Å²) in [5.74, 6) is 0. The molecule has 26 heavy (non-hydrogen) atoms. The minimum atomic E-state index is -2.53. The molecule has 0 amide bonds. The van der Waals surface area contributed by atoms with Crippen LogP contribution in [0.5, 0.6) is 0 Å². The molecule has 1 fully saturated rings. The molecule has 2 heterocycles. The monoisotopic (exact) mass is 384 g/mol. The quantitative estimate of drug-likeness (QED) is 0.512. The van der Waals surface area contributed by atoms with Gasteiger partial charge in [-0.3, -0.25) is 14.3 Å². The van der Waals surface area contributed by atoms with Crippen molar-refractivity contribution in [3.05, 3.63) is 32.6 Å². The number of ether oxygens (including phenoxy) is 1. The molecule has 146 valence electrons. The second kappa shape index (κ2) is 6.56. The highest BCUT2D eigenvalue weighted by Gasteiger charge is 2.63. The van der Waals surface area contributed by atoms with E-state index >= 15 is 0 Å². The molecule has 1 unspecified atom stereocenters. The Kier molecular flexibility index (Phi) is 5.23. The van der Waals surface area contributed by atoms with Crippen LogP contribution in [-0.2, 0) is 9.53 Å². The minimum Gasteiger partial charge on any atom is -0.390 e. The molecule has 1 aliphatic heterocycles. The largest absolute Gasteiger partial charge is 0.390 e. The van der Waals surface area contributed by atoms with E-state index in [1.165, 1.54) is 10.8 Å². The zero-order chi connectivity index (χ0) is 20.1. The van der Waals surface area contributed by atoms with Crippen LogP contribution in [0.25, 0.3) is 0 Å². The summed E-state index contributed by atoms with van der Waals surface area (Å²) >= 11 is 0. The first-order valence-corrected chi connectivity index (χ1v) is 11.6. The molecule has 8 nitrogen and oxygen atoms in total. The Morgan fingerprint density at radius 3 is 2.50 bits per heavy atom. The van der Waals surface area contributed by atoms with E-state index in [1.54, 1.807) is 6.92 Å². The Balaban J connectivity index is 2.57. The van der Waals surface area contributed by atoms with E-state index < -0.39 is 43.0 Å². The summed E-state index contributed by atoms with van der Waals surface area (Å²) in [5.41, 5.74) is -0.832. The van der Waals surface area contributed by atoms with E-state index in [1.807, 2.05) is 33.9 Å². The van der Waals surface area contributed by atoms with Gasteiger partial charge in [0.1, 0.15) is 18.4 Å². The Morgan fingerprint density at radius 2 is 2.00 bits per heavy atom. The lowest BCUT2D eigenvalue weighted by molar-refractivity contribution is -0.132. The average Bonchev–Trinajstić information content (AvgIpc) is 2.88. The maximum Gasteiger partial charge on any atom is 0.330 e. The van der Waals surface area contributed by atoms with Gasteiger partial charge in [0.15, 0.2) is 6.29 Å². The molecule has 0 aliphatic carbocycles. The molecule has 9 heteroatoms. The van der Waals surface area contributed by atoms with E-state index in [0.29, 0.717) is 11.8 Å². The number of aryl methyl sites for hydroxylation is 1. The van der Waals surface area contributed by atoms with Crippen LogP contribution in [-0.4, -0.2) is 51.6 Å². The summed E-state index contributed by atoms with van der Waals surface area (Å²) in [4.78, 5) is 37.2. The van der Waals surface area contributed by atoms with Gasteiger partial charge in [0.2, 0.25) is 0 Å². The third-order valence-corrected chi connectivity index (χ3v) is 12.5. The van der Waals surface area contributed by atoms with E-state index in [9.17, 15) is 24.6 Å². The van der Waals surface area contributed by atoms with Gasteiger partial charge in [-0.2, -0.15) is 0 Å². The van der Waals surface area contributed by atoms with Crippen LogP contribution < -0.4 is 11.2 Å². The van der Waals surface area contributed by atoms with Gasteiger partial charge in [-0.05, 0) is 12.0 Å². The van der Waals surface area contributed by atoms with E-state index in [0.717, 1.165) is 0 Å². The van der Waals surface area contributed by atoms with Crippen molar-refractivity contribution in [3.8, 4) is 0 Å². The minimum absolute atomic E-state index is 0.0461. The predicted octanol–water partition coefficient (Wildman–Crippen LogP) is 0.471. The molecular weight excluding hydrogens is 356 g/mol. The second-order valence-corrected chi connectivity index (χ2v) is 14.2. The molecule has 0 spiro atoms. The fourth-order valence-electron chi connectivity index (χ4n) is 3.37. The number of aromatic nitrogens is 2. The zero-order valence-corrected chi connectivity index (χ0v) is 17.1. The molecule has 1 aliphatic rings. The van der Waals surface area contributed by atoms with Crippen molar-refractivity contribution in [2.24, 2.45) is 0 Å². The third-order valence-electron chi connectivity index (χ3n) is 6.12. The molecule has 4 atom stereocenters. The Hall–Kier alpha value is -1.55. The first-order chi connectivity index (χ1) is 11.8.